The Kier molecular flexibility index (Phi) is 6.45. The van der Waals surface area contributed by atoms with E-state index in [1.54, 1.807) is 11.6 Å². The number of nitrogens with two attached hydrogens (primary N) is 1. The van der Waals surface area contributed by atoms with Crippen LogP contribution in [0.15, 0.2) is 30.5 Å². The van der Waals surface area contributed by atoms with Crippen LogP contribution in [0.5, 0.6) is 0 Å². The van der Waals surface area contributed by atoms with Crippen LogP contribution in [-0.2, 0) is 10.0 Å². The molecule has 0 saturated carbocycles. The Labute approximate surface area is 203 Å². The van der Waals surface area contributed by atoms with Crippen molar-refractivity contribution in [3.63, 3.8) is 0 Å². The van der Waals surface area contributed by atoms with Crippen LogP contribution < -0.4 is 15.4 Å². The van der Waals surface area contributed by atoms with Gasteiger partial charge in [0.05, 0.1) is 29.2 Å². The van der Waals surface area contributed by atoms with Crippen LogP contribution in [0.3, 0.4) is 0 Å². The molecule has 1 aliphatic rings. The van der Waals surface area contributed by atoms with Crippen molar-refractivity contribution in [1.29, 1.82) is 0 Å². The zero-order chi connectivity index (χ0) is 24.8. The molecule has 0 aliphatic carbocycles. The third-order valence-corrected chi connectivity index (χ3v) is 6.81. The minimum atomic E-state index is -3.58. The van der Waals surface area contributed by atoms with E-state index in [-0.39, 0.29) is 17.3 Å². The summed E-state index contributed by atoms with van der Waals surface area (Å²) >= 11 is 6.10. The van der Waals surface area contributed by atoms with Crippen molar-refractivity contribution in [1.82, 2.24) is 19.5 Å². The highest BCUT2D eigenvalue weighted by molar-refractivity contribution is 7.92. The summed E-state index contributed by atoms with van der Waals surface area (Å²) in [5, 5.41) is 4.96. The molecule has 0 unspecified atom stereocenters. The normalized spacial score (nSPS) is 17.2. The van der Waals surface area contributed by atoms with Crippen LogP contribution in [0.1, 0.15) is 41.0 Å². The molecular weight excluding hydrogens is 478 g/mol. The highest BCUT2D eigenvalue weighted by atomic mass is 35.5. The summed E-state index contributed by atoms with van der Waals surface area (Å²) in [7, 11) is -1.94. The van der Waals surface area contributed by atoms with Gasteiger partial charge in [-0.05, 0) is 38.5 Å². The van der Waals surface area contributed by atoms with E-state index < -0.39 is 22.0 Å². The molecule has 10 nitrogen and oxygen atoms in total. The van der Waals surface area contributed by atoms with E-state index in [0.29, 0.717) is 16.4 Å². The molecule has 0 radical (unpaired) electrons. The Hall–Kier alpha value is -2.89. The topological polar surface area (TPSA) is 126 Å². The summed E-state index contributed by atoms with van der Waals surface area (Å²) in [6, 6.07) is 6.02. The van der Waals surface area contributed by atoms with Gasteiger partial charge < -0.3 is 15.5 Å². The predicted octanol–water partition coefficient (Wildman–Crippen LogP) is 2.43. The fourth-order valence-electron chi connectivity index (χ4n) is 4.07. The van der Waals surface area contributed by atoms with Gasteiger partial charge in [0.2, 0.25) is 10.0 Å². The molecule has 2 atom stereocenters. The number of anilines is 2. The van der Waals surface area contributed by atoms with Crippen LogP contribution in [0.25, 0.3) is 5.65 Å². The lowest BCUT2D eigenvalue weighted by Crippen LogP contribution is -2.31. The molecule has 2 aromatic heterocycles. The van der Waals surface area contributed by atoms with Gasteiger partial charge in [-0.25, -0.2) is 17.9 Å². The number of aromatic nitrogens is 3. The molecule has 3 heterocycles. The maximum absolute atomic E-state index is 13.3. The number of sulfonamides is 1. The van der Waals surface area contributed by atoms with E-state index in [0.717, 1.165) is 37.1 Å². The van der Waals surface area contributed by atoms with E-state index in [4.69, 9.17) is 22.3 Å². The van der Waals surface area contributed by atoms with Gasteiger partial charge >= 0.3 is 0 Å². The zero-order valence-corrected chi connectivity index (χ0v) is 21.1. The summed E-state index contributed by atoms with van der Waals surface area (Å²) in [5.74, 6) is 0.494. The van der Waals surface area contributed by atoms with Gasteiger partial charge in [-0.1, -0.05) is 11.6 Å². The first-order valence-corrected chi connectivity index (χ1v) is 13.1. The Bertz CT molecular complexity index is 1360. The van der Waals surface area contributed by atoms with Gasteiger partial charge in [-0.2, -0.15) is 5.10 Å². The molecule has 1 aromatic carbocycles. The van der Waals surface area contributed by atoms with Crippen molar-refractivity contribution in [3.8, 4) is 0 Å². The lowest BCUT2D eigenvalue weighted by atomic mass is 10.1. The third kappa shape index (κ3) is 4.96. The maximum Gasteiger partial charge on any atom is 0.256 e. The second-order valence-corrected chi connectivity index (χ2v) is 11.0. The molecule has 3 N–H and O–H groups in total. The smallest absolute Gasteiger partial charge is 0.256 e. The first kappa shape index (κ1) is 24.2. The minimum absolute atomic E-state index is 0.145. The van der Waals surface area contributed by atoms with Crippen molar-refractivity contribution < 1.29 is 13.2 Å². The summed E-state index contributed by atoms with van der Waals surface area (Å²) in [4.78, 5) is 21.8. The Morgan fingerprint density at radius 3 is 2.74 bits per heavy atom. The monoisotopic (exact) mass is 505 g/mol. The molecule has 1 amide bonds. The Balaban J connectivity index is 1.63. The summed E-state index contributed by atoms with van der Waals surface area (Å²) in [5.41, 5.74) is 8.69. The van der Waals surface area contributed by atoms with E-state index in [1.807, 2.05) is 26.1 Å². The average molecular weight is 506 g/mol. The number of rotatable bonds is 6. The SMILES string of the molecule is Cc1cn2nc([C@H](C)N(C)C(=O)c3cc(Cl)ccc3NS(C)(=O)=O)cc2nc1N1CC[C@H](N)C1. The highest BCUT2D eigenvalue weighted by Crippen LogP contribution is 2.28. The van der Waals surface area contributed by atoms with Crippen LogP contribution in [0.2, 0.25) is 5.02 Å². The Morgan fingerprint density at radius 2 is 2.09 bits per heavy atom. The van der Waals surface area contributed by atoms with Crippen molar-refractivity contribution >= 4 is 44.7 Å². The minimum Gasteiger partial charge on any atom is -0.355 e. The van der Waals surface area contributed by atoms with Gasteiger partial charge in [0.25, 0.3) is 5.91 Å². The van der Waals surface area contributed by atoms with Crippen molar-refractivity contribution in [3.05, 3.63) is 52.3 Å². The molecule has 182 valence electrons. The summed E-state index contributed by atoms with van der Waals surface area (Å²) < 4.78 is 27.6. The number of carbonyl (C=O) groups is 1. The van der Waals surface area contributed by atoms with Crippen LogP contribution in [-0.4, -0.2) is 66.3 Å². The number of amides is 1. The van der Waals surface area contributed by atoms with Gasteiger partial charge in [0.1, 0.15) is 5.82 Å². The number of benzene rings is 1. The number of fused-ring (bicyclic) bond motifs is 1. The van der Waals surface area contributed by atoms with Gasteiger partial charge in [0.15, 0.2) is 5.65 Å². The summed E-state index contributed by atoms with van der Waals surface area (Å²) in [6.45, 7) is 5.47. The summed E-state index contributed by atoms with van der Waals surface area (Å²) in [6.07, 6.45) is 3.88. The number of nitrogens with one attached hydrogen (secondary N) is 1. The number of hydrogen-bond acceptors (Lipinski definition) is 7. The maximum atomic E-state index is 13.3. The first-order chi connectivity index (χ1) is 15.9. The number of aryl methyl sites for hydroxylation is 1. The lowest BCUT2D eigenvalue weighted by molar-refractivity contribution is 0.0740. The zero-order valence-electron chi connectivity index (χ0n) is 19.5. The second-order valence-electron chi connectivity index (χ2n) is 8.77. The lowest BCUT2D eigenvalue weighted by Gasteiger charge is -2.24. The largest absolute Gasteiger partial charge is 0.355 e. The molecule has 4 rings (SSSR count). The van der Waals surface area contributed by atoms with Gasteiger partial charge in [-0.15, -0.1) is 0 Å². The Morgan fingerprint density at radius 1 is 1.35 bits per heavy atom. The standard InChI is InChI=1S/C22H28ClN7O3S/c1-13-11-30-20(25-21(13)29-8-7-16(24)12-29)10-19(26-30)14(2)28(3)22(31)17-9-15(23)5-6-18(17)27-34(4,32)33/h5-6,9-11,14,16,27H,7-8,12,24H2,1-4H3/t14-,16-/m0/s1. The molecule has 0 bridgehead atoms. The second kappa shape index (κ2) is 9.05. The molecule has 34 heavy (non-hydrogen) atoms. The van der Waals surface area contributed by atoms with Crippen LogP contribution >= 0.6 is 11.6 Å². The van der Waals surface area contributed by atoms with E-state index in [2.05, 4.69) is 14.7 Å². The molecule has 12 heteroatoms. The van der Waals surface area contributed by atoms with E-state index >= 15 is 0 Å². The van der Waals surface area contributed by atoms with Crippen molar-refractivity contribution in [2.45, 2.75) is 32.4 Å². The van der Waals surface area contributed by atoms with Crippen LogP contribution in [0.4, 0.5) is 11.5 Å². The molecule has 3 aromatic rings. The van der Waals surface area contributed by atoms with Crippen molar-refractivity contribution in [2.24, 2.45) is 5.73 Å². The predicted molar refractivity (Wildman–Crippen MR) is 133 cm³/mol. The molecule has 0 spiro atoms. The van der Waals surface area contributed by atoms with Gasteiger partial charge in [0, 0.05) is 49.0 Å². The molecule has 1 aliphatic heterocycles. The number of hydrogen-bond donors (Lipinski definition) is 2. The van der Waals surface area contributed by atoms with Crippen LogP contribution in [0, 0.1) is 6.92 Å². The van der Waals surface area contributed by atoms with E-state index in [1.165, 1.54) is 23.1 Å². The van der Waals surface area contributed by atoms with Crippen molar-refractivity contribution in [2.75, 3.05) is 36.0 Å². The highest BCUT2D eigenvalue weighted by Gasteiger charge is 2.26. The molecular formula is C22H28ClN7O3S. The fraction of sp³-hybridized carbons (Fsp3) is 0.409. The third-order valence-electron chi connectivity index (χ3n) is 5.98. The number of nitrogens with zero attached hydrogens (tertiary/aromatic N) is 5. The number of halogens is 1. The quantitative estimate of drug-likeness (QED) is 0.526. The molecule has 1 saturated heterocycles. The fourth-order valence-corrected chi connectivity index (χ4v) is 4.82. The molecule has 1 fully saturated rings. The average Bonchev–Trinajstić information content (AvgIpc) is 3.37. The van der Waals surface area contributed by atoms with E-state index in [9.17, 15) is 13.2 Å². The first-order valence-electron chi connectivity index (χ1n) is 10.8. The van der Waals surface area contributed by atoms with Gasteiger partial charge in [-0.3, -0.25) is 9.52 Å². The number of carbonyl (C=O) groups excluding carboxylic acids is 1.